The normalized spacial score (nSPS) is 15.0. The van der Waals surface area contributed by atoms with Gasteiger partial charge in [0.15, 0.2) is 0 Å². The number of carbonyl (C=O) groups is 1. The Morgan fingerprint density at radius 3 is 2.08 bits per heavy atom. The van der Waals surface area contributed by atoms with E-state index in [1.807, 2.05) is 6.08 Å². The van der Waals surface area contributed by atoms with Gasteiger partial charge in [-0.15, -0.1) is 6.58 Å². The van der Waals surface area contributed by atoms with Crippen molar-refractivity contribution in [1.29, 1.82) is 0 Å². The van der Waals surface area contributed by atoms with Crippen molar-refractivity contribution in [3.05, 3.63) is 43.0 Å². The zero-order valence-corrected chi connectivity index (χ0v) is 18.4. The van der Waals surface area contributed by atoms with Gasteiger partial charge in [0, 0.05) is 0 Å². The Balaban J connectivity index is 3.08. The van der Waals surface area contributed by atoms with Gasteiger partial charge in [-0.1, -0.05) is 68.5 Å². The third-order valence-corrected chi connectivity index (χ3v) is 10.1. The molecule has 0 aliphatic carbocycles. The summed E-state index contributed by atoms with van der Waals surface area (Å²) in [4.78, 5) is 12.4. The van der Waals surface area contributed by atoms with Crippen molar-refractivity contribution >= 4 is 27.5 Å². The van der Waals surface area contributed by atoms with E-state index in [9.17, 15) is 4.79 Å². The van der Waals surface area contributed by atoms with Gasteiger partial charge >= 0.3 is 0 Å². The average molecular weight is 363 g/mol. The Labute approximate surface area is 150 Å². The van der Waals surface area contributed by atoms with Crippen LogP contribution in [0.4, 0.5) is 0 Å². The molecule has 0 fully saturated rings. The Morgan fingerprint density at radius 1 is 1.12 bits per heavy atom. The minimum absolute atomic E-state index is 0.0671. The van der Waals surface area contributed by atoms with Crippen molar-refractivity contribution < 1.29 is 9.22 Å². The minimum Gasteiger partial charge on any atom is -0.520 e. The van der Waals surface area contributed by atoms with Gasteiger partial charge in [-0.05, 0) is 37.0 Å². The summed E-state index contributed by atoms with van der Waals surface area (Å²) in [5, 5.41) is 1.44. The molecule has 134 valence electrons. The maximum absolute atomic E-state index is 12.4. The van der Waals surface area contributed by atoms with Crippen LogP contribution in [-0.4, -0.2) is 22.4 Å². The van der Waals surface area contributed by atoms with Crippen LogP contribution in [0.2, 0.25) is 38.3 Å². The van der Waals surface area contributed by atoms with Gasteiger partial charge in [0.2, 0.25) is 8.32 Å². The molecular formula is C20H34O2Si2. The second-order valence-electron chi connectivity index (χ2n) is 8.55. The van der Waals surface area contributed by atoms with E-state index in [1.165, 1.54) is 5.19 Å². The number of benzene rings is 1. The summed E-state index contributed by atoms with van der Waals surface area (Å²) in [6, 6.07) is 10.8. The third-order valence-electron chi connectivity index (χ3n) is 4.66. The van der Waals surface area contributed by atoms with E-state index in [4.69, 9.17) is 4.43 Å². The topological polar surface area (TPSA) is 26.3 Å². The van der Waals surface area contributed by atoms with Gasteiger partial charge in [0.25, 0.3) is 5.97 Å². The third kappa shape index (κ3) is 5.74. The maximum Gasteiger partial charge on any atom is 0.293 e. The van der Waals surface area contributed by atoms with E-state index in [2.05, 4.69) is 83.5 Å². The highest BCUT2D eigenvalue weighted by atomic mass is 28.4. The SMILES string of the molecule is C=C[C@@H](CC(=O)O[Si](C)(C)C)[C@H](C(C)C)[Si](C)(C)c1ccccc1. The molecule has 0 aromatic heterocycles. The highest BCUT2D eigenvalue weighted by Gasteiger charge is 2.40. The number of hydrogen-bond donors (Lipinski definition) is 0. The average Bonchev–Trinajstić information content (AvgIpc) is 2.44. The smallest absolute Gasteiger partial charge is 0.293 e. The zero-order chi connectivity index (χ0) is 18.5. The van der Waals surface area contributed by atoms with Crippen LogP contribution in [0.1, 0.15) is 20.3 Å². The molecule has 0 heterocycles. The standard InChI is InChI=1S/C20H34O2Si2/c1-9-17(15-19(21)22-23(4,5)6)20(16(2)3)24(7,8)18-13-11-10-12-14-18/h9-14,16-17,20H,1,15H2,2-8H3/t17-,20-/m0/s1. The van der Waals surface area contributed by atoms with E-state index < -0.39 is 16.4 Å². The molecule has 0 aliphatic rings. The highest BCUT2D eigenvalue weighted by molar-refractivity contribution is 6.91. The van der Waals surface area contributed by atoms with E-state index in [1.54, 1.807) is 0 Å². The Hall–Kier alpha value is -1.14. The lowest BCUT2D eigenvalue weighted by Crippen LogP contribution is -2.50. The van der Waals surface area contributed by atoms with Crippen molar-refractivity contribution in [2.75, 3.05) is 0 Å². The first-order valence-corrected chi connectivity index (χ1v) is 15.4. The second kappa shape index (κ2) is 8.30. The molecule has 0 N–H and O–H groups in total. The molecule has 1 aromatic carbocycles. The molecule has 1 aromatic rings. The zero-order valence-electron chi connectivity index (χ0n) is 16.4. The largest absolute Gasteiger partial charge is 0.520 e. The second-order valence-corrected chi connectivity index (χ2v) is 17.7. The lowest BCUT2D eigenvalue weighted by molar-refractivity contribution is -0.135. The van der Waals surface area contributed by atoms with Crippen LogP contribution in [0.3, 0.4) is 0 Å². The van der Waals surface area contributed by atoms with Crippen molar-refractivity contribution in [3.63, 3.8) is 0 Å². The van der Waals surface area contributed by atoms with Crippen LogP contribution in [0.15, 0.2) is 43.0 Å². The van der Waals surface area contributed by atoms with E-state index in [-0.39, 0.29) is 11.9 Å². The fraction of sp³-hybridized carbons (Fsp3) is 0.550. The van der Waals surface area contributed by atoms with Gasteiger partial charge in [0.1, 0.15) is 0 Å². The quantitative estimate of drug-likeness (QED) is 0.469. The van der Waals surface area contributed by atoms with Gasteiger partial charge in [-0.3, -0.25) is 4.79 Å². The number of carbonyl (C=O) groups excluding carboxylic acids is 1. The van der Waals surface area contributed by atoms with Crippen LogP contribution in [0.5, 0.6) is 0 Å². The van der Waals surface area contributed by atoms with Crippen molar-refractivity contribution in [3.8, 4) is 0 Å². The monoisotopic (exact) mass is 362 g/mol. The molecule has 24 heavy (non-hydrogen) atoms. The van der Waals surface area contributed by atoms with E-state index in [0.717, 1.165) is 0 Å². The van der Waals surface area contributed by atoms with E-state index in [0.29, 0.717) is 17.9 Å². The summed E-state index contributed by atoms with van der Waals surface area (Å²) in [7, 11) is -3.59. The Kier molecular flexibility index (Phi) is 7.23. The fourth-order valence-corrected chi connectivity index (χ4v) is 9.05. The fourth-order valence-electron chi connectivity index (χ4n) is 3.86. The Morgan fingerprint density at radius 2 is 1.67 bits per heavy atom. The van der Waals surface area contributed by atoms with Gasteiger partial charge < -0.3 is 4.43 Å². The number of hydrogen-bond acceptors (Lipinski definition) is 2. The van der Waals surface area contributed by atoms with Crippen LogP contribution >= 0.6 is 0 Å². The predicted octanol–water partition coefficient (Wildman–Crippen LogP) is 5.20. The molecule has 0 amide bonds. The molecule has 2 nitrogen and oxygen atoms in total. The number of allylic oxidation sites excluding steroid dienone is 1. The lowest BCUT2D eigenvalue weighted by Gasteiger charge is -2.40. The van der Waals surface area contributed by atoms with Crippen molar-refractivity contribution in [1.82, 2.24) is 0 Å². The summed E-state index contributed by atoms with van der Waals surface area (Å²) >= 11 is 0. The molecule has 0 unspecified atom stereocenters. The first kappa shape index (κ1) is 20.9. The van der Waals surface area contributed by atoms with Crippen LogP contribution in [0, 0.1) is 11.8 Å². The maximum atomic E-state index is 12.4. The lowest BCUT2D eigenvalue weighted by atomic mass is 9.93. The molecule has 1 rings (SSSR count). The van der Waals surface area contributed by atoms with Gasteiger partial charge in [-0.25, -0.2) is 0 Å². The summed E-state index contributed by atoms with van der Waals surface area (Å²) in [6.07, 6.45) is 2.42. The molecular weight excluding hydrogens is 328 g/mol. The highest BCUT2D eigenvalue weighted by Crippen LogP contribution is 2.39. The minimum atomic E-state index is -1.84. The first-order valence-electron chi connectivity index (χ1n) is 8.89. The van der Waals surface area contributed by atoms with Crippen molar-refractivity contribution in [2.24, 2.45) is 11.8 Å². The number of rotatable bonds is 8. The van der Waals surface area contributed by atoms with E-state index >= 15 is 0 Å². The van der Waals surface area contributed by atoms with Crippen LogP contribution in [0.25, 0.3) is 0 Å². The molecule has 0 aliphatic heterocycles. The molecule has 0 radical (unpaired) electrons. The van der Waals surface area contributed by atoms with Gasteiger partial charge in [0.05, 0.1) is 14.5 Å². The molecule has 0 saturated heterocycles. The van der Waals surface area contributed by atoms with Crippen molar-refractivity contribution in [2.45, 2.75) is 58.5 Å². The summed E-state index contributed by atoms with van der Waals surface area (Å²) in [5.41, 5.74) is 0.451. The van der Waals surface area contributed by atoms with Crippen LogP contribution < -0.4 is 5.19 Å². The van der Waals surface area contributed by atoms with Crippen LogP contribution in [-0.2, 0) is 9.22 Å². The molecule has 0 saturated carbocycles. The summed E-state index contributed by atoms with van der Waals surface area (Å²) < 4.78 is 5.69. The summed E-state index contributed by atoms with van der Waals surface area (Å²) in [6.45, 7) is 19.6. The molecule has 0 spiro atoms. The molecule has 0 bridgehead atoms. The van der Waals surface area contributed by atoms with Gasteiger partial charge in [-0.2, -0.15) is 0 Å². The predicted molar refractivity (Wildman–Crippen MR) is 110 cm³/mol. The first-order chi connectivity index (χ1) is 11.0. The summed E-state index contributed by atoms with van der Waals surface area (Å²) in [5.74, 6) is 0.591. The molecule has 4 heteroatoms. The Bertz CT molecular complexity index is 545. The molecule has 2 atom stereocenters.